The monoisotopic (exact) mass is 375 g/mol. The Kier molecular flexibility index (Phi) is 5.53. The molecule has 2 aromatic rings. The van der Waals surface area contributed by atoms with E-state index in [0.717, 1.165) is 19.3 Å². The van der Waals surface area contributed by atoms with E-state index >= 15 is 0 Å². The Bertz CT molecular complexity index is 879. The van der Waals surface area contributed by atoms with Gasteiger partial charge >= 0.3 is 0 Å². The van der Waals surface area contributed by atoms with Gasteiger partial charge in [-0.2, -0.15) is 4.31 Å². The number of ether oxygens (including phenoxy) is 1. The van der Waals surface area contributed by atoms with Gasteiger partial charge in [-0.3, -0.25) is 9.78 Å². The maximum atomic E-state index is 12.9. The number of carbonyl (C=O) groups is 1. The van der Waals surface area contributed by atoms with Gasteiger partial charge in [0.25, 0.3) is 5.91 Å². The molecule has 1 aromatic heterocycles. The minimum Gasteiger partial charge on any atom is -0.495 e. The van der Waals surface area contributed by atoms with Crippen LogP contribution in [0.3, 0.4) is 0 Å². The lowest BCUT2D eigenvalue weighted by Crippen LogP contribution is -2.35. The highest BCUT2D eigenvalue weighted by Gasteiger charge is 2.27. The van der Waals surface area contributed by atoms with E-state index in [1.165, 1.54) is 29.7 Å². The molecule has 26 heavy (non-hydrogen) atoms. The van der Waals surface area contributed by atoms with Gasteiger partial charge in [0.15, 0.2) is 0 Å². The molecule has 138 valence electrons. The molecular formula is C18H21N3O4S. The van der Waals surface area contributed by atoms with Crippen molar-refractivity contribution in [3.8, 4) is 5.75 Å². The highest BCUT2D eigenvalue weighted by molar-refractivity contribution is 7.89. The summed E-state index contributed by atoms with van der Waals surface area (Å²) in [6.07, 6.45) is 4.28. The van der Waals surface area contributed by atoms with Gasteiger partial charge < -0.3 is 10.1 Å². The highest BCUT2D eigenvalue weighted by Crippen LogP contribution is 2.30. The lowest BCUT2D eigenvalue weighted by molar-refractivity contribution is 0.102. The SMILES string of the molecule is COc1ccc(S(=O)(=O)N2CCCCC2)cc1NC(=O)c1ccccn1. The van der Waals surface area contributed by atoms with E-state index in [-0.39, 0.29) is 10.6 Å². The number of aromatic nitrogens is 1. The molecular weight excluding hydrogens is 354 g/mol. The summed E-state index contributed by atoms with van der Waals surface area (Å²) in [5.41, 5.74) is 0.528. The Morgan fingerprint density at radius 2 is 1.92 bits per heavy atom. The quantitative estimate of drug-likeness (QED) is 0.867. The summed E-state index contributed by atoms with van der Waals surface area (Å²) >= 11 is 0. The summed E-state index contributed by atoms with van der Waals surface area (Å²) in [6.45, 7) is 1.04. The number of rotatable bonds is 5. The average molecular weight is 375 g/mol. The van der Waals surface area contributed by atoms with Gasteiger partial charge in [-0.05, 0) is 43.2 Å². The number of nitrogens with zero attached hydrogens (tertiary/aromatic N) is 2. The van der Waals surface area contributed by atoms with Crippen LogP contribution in [0.1, 0.15) is 29.8 Å². The number of sulfonamides is 1. The first kappa shape index (κ1) is 18.3. The fourth-order valence-electron chi connectivity index (χ4n) is 2.88. The van der Waals surface area contributed by atoms with E-state index in [2.05, 4.69) is 10.3 Å². The number of pyridine rings is 1. The van der Waals surface area contributed by atoms with Crippen molar-refractivity contribution in [1.82, 2.24) is 9.29 Å². The Balaban J connectivity index is 1.90. The molecule has 0 atom stereocenters. The summed E-state index contributed by atoms with van der Waals surface area (Å²) in [5.74, 6) is -0.0525. The van der Waals surface area contributed by atoms with Gasteiger partial charge in [-0.1, -0.05) is 12.5 Å². The van der Waals surface area contributed by atoms with Crippen LogP contribution in [0.25, 0.3) is 0 Å². The van der Waals surface area contributed by atoms with E-state index in [9.17, 15) is 13.2 Å². The molecule has 2 heterocycles. The van der Waals surface area contributed by atoms with Crippen molar-refractivity contribution >= 4 is 21.6 Å². The molecule has 1 fully saturated rings. The van der Waals surface area contributed by atoms with Crippen LogP contribution in [0, 0.1) is 0 Å². The van der Waals surface area contributed by atoms with E-state index < -0.39 is 15.9 Å². The molecule has 1 aliphatic rings. The molecule has 1 saturated heterocycles. The van der Waals surface area contributed by atoms with Crippen LogP contribution in [0.15, 0.2) is 47.5 Å². The van der Waals surface area contributed by atoms with Crippen LogP contribution in [0.4, 0.5) is 5.69 Å². The summed E-state index contributed by atoms with van der Waals surface area (Å²) in [4.78, 5) is 16.5. The molecule has 1 N–H and O–H groups in total. The van der Waals surface area contributed by atoms with Crippen molar-refractivity contribution in [2.75, 3.05) is 25.5 Å². The first-order valence-electron chi connectivity index (χ1n) is 8.43. The molecule has 7 nitrogen and oxygen atoms in total. The third-order valence-corrected chi connectivity index (χ3v) is 6.16. The van der Waals surface area contributed by atoms with Gasteiger partial charge in [-0.15, -0.1) is 0 Å². The number of anilines is 1. The molecule has 0 unspecified atom stereocenters. The molecule has 1 aliphatic heterocycles. The average Bonchev–Trinajstić information content (AvgIpc) is 2.69. The fourth-order valence-corrected chi connectivity index (χ4v) is 4.43. The zero-order valence-corrected chi connectivity index (χ0v) is 15.3. The van der Waals surface area contributed by atoms with Crippen LogP contribution in [-0.2, 0) is 10.0 Å². The molecule has 0 spiro atoms. The molecule has 0 aliphatic carbocycles. The summed E-state index contributed by atoms with van der Waals surface area (Å²) < 4.78 is 32.5. The smallest absolute Gasteiger partial charge is 0.274 e. The molecule has 3 rings (SSSR count). The van der Waals surface area contributed by atoms with Gasteiger partial charge in [-0.25, -0.2) is 8.42 Å². The zero-order valence-electron chi connectivity index (χ0n) is 14.5. The number of benzene rings is 1. The fraction of sp³-hybridized carbons (Fsp3) is 0.333. The van der Waals surface area contributed by atoms with Gasteiger partial charge in [0, 0.05) is 19.3 Å². The maximum absolute atomic E-state index is 12.9. The lowest BCUT2D eigenvalue weighted by Gasteiger charge is -2.26. The topological polar surface area (TPSA) is 88.6 Å². The third-order valence-electron chi connectivity index (χ3n) is 4.27. The summed E-state index contributed by atoms with van der Waals surface area (Å²) in [7, 11) is -2.14. The Morgan fingerprint density at radius 1 is 1.15 bits per heavy atom. The minimum atomic E-state index is -3.60. The second-order valence-corrected chi connectivity index (χ2v) is 7.93. The lowest BCUT2D eigenvalue weighted by atomic mass is 10.2. The van der Waals surface area contributed by atoms with E-state index in [1.54, 1.807) is 24.3 Å². The number of carbonyl (C=O) groups excluding carboxylic acids is 1. The molecule has 1 aromatic carbocycles. The van der Waals surface area contributed by atoms with Crippen molar-refractivity contribution in [1.29, 1.82) is 0 Å². The Morgan fingerprint density at radius 3 is 2.58 bits per heavy atom. The first-order valence-corrected chi connectivity index (χ1v) is 9.87. The Labute approximate surface area is 153 Å². The van der Waals surface area contributed by atoms with Gasteiger partial charge in [0.05, 0.1) is 17.7 Å². The predicted octanol–water partition coefficient (Wildman–Crippen LogP) is 2.52. The molecule has 0 saturated carbocycles. The summed E-state index contributed by atoms with van der Waals surface area (Å²) in [5, 5.41) is 2.68. The van der Waals surface area contributed by atoms with Crippen LogP contribution < -0.4 is 10.1 Å². The minimum absolute atomic E-state index is 0.136. The van der Waals surface area contributed by atoms with Crippen molar-refractivity contribution in [2.24, 2.45) is 0 Å². The van der Waals surface area contributed by atoms with E-state index in [1.807, 2.05) is 0 Å². The zero-order chi connectivity index (χ0) is 18.6. The summed E-state index contributed by atoms with van der Waals surface area (Å²) in [6, 6.07) is 9.48. The van der Waals surface area contributed by atoms with Crippen LogP contribution in [0.2, 0.25) is 0 Å². The van der Waals surface area contributed by atoms with E-state index in [4.69, 9.17) is 4.74 Å². The number of amides is 1. The molecule has 0 radical (unpaired) electrons. The predicted molar refractivity (Wildman–Crippen MR) is 97.8 cm³/mol. The second-order valence-electron chi connectivity index (χ2n) is 6.00. The highest BCUT2D eigenvalue weighted by atomic mass is 32.2. The Hall–Kier alpha value is -2.45. The number of hydrogen-bond donors (Lipinski definition) is 1. The largest absolute Gasteiger partial charge is 0.495 e. The maximum Gasteiger partial charge on any atom is 0.274 e. The number of methoxy groups -OCH3 is 1. The molecule has 8 heteroatoms. The number of hydrogen-bond acceptors (Lipinski definition) is 5. The molecule has 0 bridgehead atoms. The van der Waals surface area contributed by atoms with Crippen molar-refractivity contribution in [3.05, 3.63) is 48.3 Å². The van der Waals surface area contributed by atoms with Crippen LogP contribution in [-0.4, -0.2) is 43.8 Å². The second kappa shape index (κ2) is 7.84. The van der Waals surface area contributed by atoms with Crippen molar-refractivity contribution in [2.45, 2.75) is 24.2 Å². The van der Waals surface area contributed by atoms with Gasteiger partial charge in [0.2, 0.25) is 10.0 Å². The van der Waals surface area contributed by atoms with Crippen LogP contribution in [0.5, 0.6) is 5.75 Å². The number of piperidine rings is 1. The standard InChI is InChI=1S/C18H21N3O4S/c1-25-17-9-8-14(26(23,24)21-11-5-2-6-12-21)13-16(17)20-18(22)15-7-3-4-10-19-15/h3-4,7-10,13H,2,5-6,11-12H2,1H3,(H,20,22). The van der Waals surface area contributed by atoms with Crippen molar-refractivity contribution in [3.63, 3.8) is 0 Å². The number of nitrogens with one attached hydrogen (secondary N) is 1. The van der Waals surface area contributed by atoms with E-state index in [0.29, 0.717) is 24.5 Å². The van der Waals surface area contributed by atoms with Crippen molar-refractivity contribution < 1.29 is 17.9 Å². The molecule has 1 amide bonds. The third kappa shape index (κ3) is 3.86. The van der Waals surface area contributed by atoms with Crippen LogP contribution >= 0.6 is 0 Å². The normalized spacial score (nSPS) is 15.4. The first-order chi connectivity index (χ1) is 12.5. The van der Waals surface area contributed by atoms with Gasteiger partial charge in [0.1, 0.15) is 11.4 Å².